The van der Waals surface area contributed by atoms with Crippen LogP contribution in [0.25, 0.3) is 0 Å². The maximum absolute atomic E-state index is 2.38. The number of benzene rings is 2. The van der Waals surface area contributed by atoms with Gasteiger partial charge in [-0.15, -0.1) is 0 Å². The molecule has 0 unspecified atom stereocenters. The summed E-state index contributed by atoms with van der Waals surface area (Å²) in [4.78, 5) is 2.38. The molecule has 0 aliphatic carbocycles. The van der Waals surface area contributed by atoms with Crippen LogP contribution in [0, 0.1) is 0 Å². The van der Waals surface area contributed by atoms with Gasteiger partial charge in [0.1, 0.15) is 0 Å². The number of rotatable bonds is 4. The van der Waals surface area contributed by atoms with Crippen molar-refractivity contribution in [1.29, 1.82) is 0 Å². The third-order valence-electron chi connectivity index (χ3n) is 2.52. The van der Waals surface area contributed by atoms with Crippen LogP contribution in [0.5, 0.6) is 0 Å². The zero-order chi connectivity index (χ0) is 11.2. The first-order valence-corrected chi connectivity index (χ1v) is 7.68. The summed E-state index contributed by atoms with van der Waals surface area (Å²) in [5.41, 5.74) is 2.56. The monoisotopic (exact) mass is 260 g/mol. The first kappa shape index (κ1) is 11.4. The quantitative estimate of drug-likeness (QED) is 0.757. The van der Waals surface area contributed by atoms with Crippen LogP contribution < -0.4 is 4.90 Å². The van der Waals surface area contributed by atoms with Crippen molar-refractivity contribution in [3.63, 3.8) is 0 Å². The molecular weight excluding hydrogens is 248 g/mol. The molecule has 0 amide bonds. The summed E-state index contributed by atoms with van der Waals surface area (Å²) in [6.07, 6.45) is 0. The van der Waals surface area contributed by atoms with Gasteiger partial charge in [-0.25, -0.2) is 0 Å². The number of para-hydroxylation sites is 2. The van der Waals surface area contributed by atoms with E-state index in [-0.39, 0.29) is 0 Å². The fourth-order valence-electron chi connectivity index (χ4n) is 1.78. The van der Waals surface area contributed by atoms with E-state index in [0.717, 1.165) is 6.54 Å². The van der Waals surface area contributed by atoms with E-state index in [4.69, 9.17) is 0 Å². The van der Waals surface area contributed by atoms with Gasteiger partial charge in [0.25, 0.3) is 0 Å². The number of hydrogen-bond acceptors (Lipinski definition) is 1. The average Bonchev–Trinajstić information content (AvgIpc) is 2.38. The fourth-order valence-corrected chi connectivity index (χ4v) is 2.44. The van der Waals surface area contributed by atoms with E-state index in [1.807, 2.05) is 0 Å². The van der Waals surface area contributed by atoms with Crippen molar-refractivity contribution >= 4 is 11.4 Å². The van der Waals surface area contributed by atoms with Gasteiger partial charge in [-0.2, -0.15) is 0 Å². The van der Waals surface area contributed by atoms with Crippen LogP contribution >= 0.6 is 0 Å². The summed E-state index contributed by atoms with van der Waals surface area (Å²) in [6.45, 7) is 1.11. The fraction of sp³-hybridized carbons (Fsp3) is 0.143. The van der Waals surface area contributed by atoms with E-state index >= 15 is 0 Å². The van der Waals surface area contributed by atoms with Gasteiger partial charge in [-0.1, -0.05) is 0 Å². The van der Waals surface area contributed by atoms with Crippen molar-refractivity contribution in [2.45, 2.75) is 5.02 Å². The van der Waals surface area contributed by atoms with Crippen molar-refractivity contribution in [3.05, 3.63) is 60.7 Å². The molecule has 1 nitrogen and oxygen atoms in total. The summed E-state index contributed by atoms with van der Waals surface area (Å²) in [6, 6.07) is 21.2. The van der Waals surface area contributed by atoms with Gasteiger partial charge in [0.2, 0.25) is 0 Å². The van der Waals surface area contributed by atoms with Crippen molar-refractivity contribution in [2.24, 2.45) is 0 Å². The Bertz CT molecular complexity index is 374. The van der Waals surface area contributed by atoms with E-state index in [0.29, 0.717) is 0 Å². The van der Waals surface area contributed by atoms with Crippen molar-refractivity contribution in [1.82, 2.24) is 0 Å². The minimum absolute atomic E-state index is 1.11. The molecule has 0 N–H and O–H groups in total. The van der Waals surface area contributed by atoms with Gasteiger partial charge in [0, 0.05) is 0 Å². The first-order valence-electron chi connectivity index (χ1n) is 5.58. The molecule has 0 aliphatic heterocycles. The van der Waals surface area contributed by atoms with Gasteiger partial charge in [0.05, 0.1) is 0 Å². The van der Waals surface area contributed by atoms with Gasteiger partial charge < -0.3 is 0 Å². The molecule has 0 saturated carbocycles. The molecule has 16 heavy (non-hydrogen) atoms. The zero-order valence-corrected chi connectivity index (χ0v) is 12.3. The van der Waals surface area contributed by atoms with Gasteiger partial charge in [-0.05, 0) is 0 Å². The van der Waals surface area contributed by atoms with Crippen LogP contribution in [0.15, 0.2) is 60.7 Å². The third-order valence-corrected chi connectivity index (χ3v) is 3.18. The van der Waals surface area contributed by atoms with Crippen LogP contribution in [-0.4, -0.2) is 6.54 Å². The molecule has 77 valence electrons. The maximum atomic E-state index is 2.38. The van der Waals surface area contributed by atoms with Gasteiger partial charge >= 0.3 is 107 Å². The molecule has 2 aromatic carbocycles. The molecular formula is C14H14NZn. The normalized spacial score (nSPS) is 10.1. The van der Waals surface area contributed by atoms with E-state index in [1.54, 1.807) is 0 Å². The van der Waals surface area contributed by atoms with E-state index in [9.17, 15) is 0 Å². The molecule has 0 saturated heterocycles. The van der Waals surface area contributed by atoms with E-state index in [2.05, 4.69) is 65.6 Å². The second kappa shape index (κ2) is 5.81. The van der Waals surface area contributed by atoms with E-state index < -0.39 is 0 Å². The Morgan fingerprint density at radius 1 is 0.750 bits per heavy atom. The van der Waals surface area contributed by atoms with Crippen molar-refractivity contribution < 1.29 is 18.3 Å². The number of anilines is 2. The molecule has 0 heterocycles. The molecule has 0 atom stereocenters. The Morgan fingerprint density at radius 3 is 1.56 bits per heavy atom. The Labute approximate surface area is 107 Å². The molecule has 2 rings (SSSR count). The van der Waals surface area contributed by atoms with Crippen LogP contribution in [0.1, 0.15) is 0 Å². The second-order valence-corrected chi connectivity index (χ2v) is 5.16. The summed E-state index contributed by atoms with van der Waals surface area (Å²) >= 11 is 1.34. The predicted octanol–water partition coefficient (Wildman–Crippen LogP) is 3.79. The number of nitrogens with zero attached hydrogens (tertiary/aromatic N) is 1. The SMILES string of the molecule is [Zn][CH2]CN(c1ccccc1)c1ccccc1. The van der Waals surface area contributed by atoms with Crippen molar-refractivity contribution in [2.75, 3.05) is 11.4 Å². The first-order chi connectivity index (χ1) is 7.92. The van der Waals surface area contributed by atoms with Crippen molar-refractivity contribution in [3.8, 4) is 0 Å². The van der Waals surface area contributed by atoms with Crippen LogP contribution in [-0.2, 0) is 18.3 Å². The molecule has 2 aromatic rings. The van der Waals surface area contributed by atoms with Crippen LogP contribution in [0.3, 0.4) is 0 Å². The summed E-state index contributed by atoms with van der Waals surface area (Å²) in [5.74, 6) is 0. The summed E-state index contributed by atoms with van der Waals surface area (Å²) in [7, 11) is 0. The minimum atomic E-state index is 1.11. The molecule has 0 aromatic heterocycles. The van der Waals surface area contributed by atoms with Crippen LogP contribution in [0.4, 0.5) is 11.4 Å². The standard InChI is InChI=1S/C14H14N.Zn/c1-2-15(13-9-5-3-6-10-13)14-11-7-4-8-12-14;/h3-12H,1-2H2;. The second-order valence-electron chi connectivity index (χ2n) is 3.68. The Morgan fingerprint density at radius 2 is 1.19 bits per heavy atom. The molecule has 2 heteroatoms. The zero-order valence-electron chi connectivity index (χ0n) is 9.34. The van der Waals surface area contributed by atoms with Gasteiger partial charge in [0.15, 0.2) is 0 Å². The molecule has 0 fully saturated rings. The Kier molecular flexibility index (Phi) is 4.12. The Hall–Kier alpha value is -1.14. The third kappa shape index (κ3) is 2.71. The molecule has 0 aliphatic rings. The number of hydrogen-bond donors (Lipinski definition) is 0. The topological polar surface area (TPSA) is 3.24 Å². The molecule has 0 bridgehead atoms. The van der Waals surface area contributed by atoms with Gasteiger partial charge in [-0.3, -0.25) is 0 Å². The van der Waals surface area contributed by atoms with E-state index in [1.165, 1.54) is 34.7 Å². The Balaban J connectivity index is 2.31. The molecule has 0 spiro atoms. The summed E-state index contributed by atoms with van der Waals surface area (Å²) < 4.78 is 0. The average molecular weight is 262 g/mol. The predicted molar refractivity (Wildman–Crippen MR) is 64.7 cm³/mol. The summed E-state index contributed by atoms with van der Waals surface area (Å²) in [5, 5.41) is 1.27. The van der Waals surface area contributed by atoms with Crippen LogP contribution in [0.2, 0.25) is 5.02 Å². The molecule has 0 radical (unpaired) electrons.